The summed E-state index contributed by atoms with van der Waals surface area (Å²) in [6.07, 6.45) is 0. The van der Waals surface area contributed by atoms with Gasteiger partial charge in [-0.15, -0.1) is 0 Å². The third kappa shape index (κ3) is 4.17. The lowest BCUT2D eigenvalue weighted by Crippen LogP contribution is -2.24. The number of nitrogens with one attached hydrogen (secondary N) is 1. The van der Waals surface area contributed by atoms with Crippen molar-refractivity contribution >= 4 is 17.5 Å². The zero-order chi connectivity index (χ0) is 18.4. The van der Waals surface area contributed by atoms with E-state index in [0.29, 0.717) is 17.3 Å². The smallest absolute Gasteiger partial charge is 0.227 e. The Bertz CT molecular complexity index is 915. The second-order valence-electron chi connectivity index (χ2n) is 5.98. The lowest BCUT2D eigenvalue weighted by molar-refractivity contribution is 0.788. The van der Waals surface area contributed by atoms with Gasteiger partial charge in [-0.2, -0.15) is 10.2 Å². The molecule has 1 heterocycles. The first-order valence-corrected chi connectivity index (χ1v) is 8.60. The van der Waals surface area contributed by atoms with Crippen molar-refractivity contribution < 1.29 is 0 Å². The molecule has 0 aliphatic carbocycles. The minimum atomic E-state index is 0.585. The molecule has 0 bridgehead atoms. The fraction of sp³-hybridized carbons (Fsp3) is 0.190. The molecule has 5 nitrogen and oxygen atoms in total. The molecular weight excluding hydrogens is 322 g/mol. The molecule has 1 N–H and O–H groups in total. The van der Waals surface area contributed by atoms with Gasteiger partial charge in [-0.25, -0.2) is 4.98 Å². The molecule has 0 unspecified atom stereocenters. The van der Waals surface area contributed by atoms with E-state index in [1.54, 1.807) is 6.07 Å². The summed E-state index contributed by atoms with van der Waals surface area (Å²) < 4.78 is 0. The van der Waals surface area contributed by atoms with Gasteiger partial charge in [0, 0.05) is 24.8 Å². The third-order valence-electron chi connectivity index (χ3n) is 4.03. The Hall–Kier alpha value is -3.39. The van der Waals surface area contributed by atoms with Gasteiger partial charge in [0.1, 0.15) is 11.9 Å². The fourth-order valence-corrected chi connectivity index (χ4v) is 2.71. The van der Waals surface area contributed by atoms with Crippen LogP contribution in [0.2, 0.25) is 0 Å². The predicted molar refractivity (Wildman–Crippen MR) is 104 cm³/mol. The highest BCUT2D eigenvalue weighted by Crippen LogP contribution is 2.22. The molecule has 0 spiro atoms. The molecule has 0 aliphatic rings. The van der Waals surface area contributed by atoms with Crippen molar-refractivity contribution in [3.8, 4) is 6.07 Å². The number of para-hydroxylation sites is 1. The van der Waals surface area contributed by atoms with Crippen LogP contribution < -0.4 is 10.2 Å². The van der Waals surface area contributed by atoms with E-state index in [-0.39, 0.29) is 0 Å². The highest BCUT2D eigenvalue weighted by Gasteiger charge is 2.11. The van der Waals surface area contributed by atoms with Gasteiger partial charge in [-0.3, -0.25) is 0 Å². The normalized spacial score (nSPS) is 10.2. The number of nitrogens with zero attached hydrogens (tertiary/aromatic N) is 4. The van der Waals surface area contributed by atoms with E-state index in [1.807, 2.05) is 49.4 Å². The number of nitriles is 1. The molecule has 3 aromatic rings. The standard InChI is InChI=1S/C21H21N5/c1-3-26(15-17-9-5-4-6-10-17)21-23-16(2)13-20(25-21)24-19-12-8-7-11-18(19)14-22/h4-13H,3,15H2,1-2H3,(H,23,24,25). The topological polar surface area (TPSA) is 64.8 Å². The van der Waals surface area contributed by atoms with Crippen LogP contribution in [-0.4, -0.2) is 16.5 Å². The quantitative estimate of drug-likeness (QED) is 0.717. The van der Waals surface area contributed by atoms with Crippen LogP contribution in [0.25, 0.3) is 0 Å². The molecule has 26 heavy (non-hydrogen) atoms. The number of aromatic nitrogens is 2. The SMILES string of the molecule is CCN(Cc1ccccc1)c1nc(C)cc(Nc2ccccc2C#N)n1. The molecule has 0 atom stereocenters. The largest absolute Gasteiger partial charge is 0.339 e. The fourth-order valence-electron chi connectivity index (χ4n) is 2.71. The average molecular weight is 343 g/mol. The number of rotatable bonds is 6. The number of anilines is 3. The van der Waals surface area contributed by atoms with E-state index in [9.17, 15) is 5.26 Å². The maximum atomic E-state index is 9.27. The van der Waals surface area contributed by atoms with E-state index in [4.69, 9.17) is 0 Å². The summed E-state index contributed by atoms with van der Waals surface area (Å²) in [4.78, 5) is 11.4. The Labute approximate surface area is 154 Å². The lowest BCUT2D eigenvalue weighted by Gasteiger charge is -2.22. The number of hydrogen-bond donors (Lipinski definition) is 1. The summed E-state index contributed by atoms with van der Waals surface area (Å²) in [5.74, 6) is 1.36. The Morgan fingerprint density at radius 1 is 1.04 bits per heavy atom. The van der Waals surface area contributed by atoms with E-state index in [1.165, 1.54) is 5.56 Å². The second-order valence-corrected chi connectivity index (χ2v) is 5.98. The van der Waals surface area contributed by atoms with Crippen LogP contribution in [-0.2, 0) is 6.54 Å². The van der Waals surface area contributed by atoms with E-state index in [2.05, 4.69) is 45.3 Å². The summed E-state index contributed by atoms with van der Waals surface area (Å²) >= 11 is 0. The molecule has 0 saturated heterocycles. The summed E-state index contributed by atoms with van der Waals surface area (Å²) in [6.45, 7) is 5.58. The molecule has 130 valence electrons. The molecule has 0 fully saturated rings. The first kappa shape index (κ1) is 17.4. The lowest BCUT2D eigenvalue weighted by atomic mass is 10.2. The molecular formula is C21H21N5. The van der Waals surface area contributed by atoms with Crippen LogP contribution in [0.15, 0.2) is 60.7 Å². The highest BCUT2D eigenvalue weighted by atomic mass is 15.3. The van der Waals surface area contributed by atoms with Crippen molar-refractivity contribution in [2.75, 3.05) is 16.8 Å². The Morgan fingerprint density at radius 2 is 1.77 bits per heavy atom. The van der Waals surface area contributed by atoms with Gasteiger partial charge >= 0.3 is 0 Å². The van der Waals surface area contributed by atoms with Gasteiger partial charge < -0.3 is 10.2 Å². The Morgan fingerprint density at radius 3 is 2.50 bits per heavy atom. The highest BCUT2D eigenvalue weighted by molar-refractivity contribution is 5.65. The van der Waals surface area contributed by atoms with Crippen molar-refractivity contribution in [1.82, 2.24) is 9.97 Å². The first-order chi connectivity index (χ1) is 12.7. The van der Waals surface area contributed by atoms with Gasteiger partial charge in [-0.05, 0) is 31.5 Å². The summed E-state index contributed by atoms with van der Waals surface area (Å²) in [5.41, 5.74) is 3.41. The maximum Gasteiger partial charge on any atom is 0.227 e. The molecule has 0 aliphatic heterocycles. The predicted octanol–water partition coefficient (Wildman–Crippen LogP) is 4.43. The maximum absolute atomic E-state index is 9.27. The van der Waals surface area contributed by atoms with Crippen molar-refractivity contribution in [1.29, 1.82) is 5.26 Å². The molecule has 0 saturated carbocycles. The molecule has 5 heteroatoms. The van der Waals surface area contributed by atoms with Crippen molar-refractivity contribution in [3.05, 3.63) is 77.5 Å². The molecule has 0 radical (unpaired) electrons. The van der Waals surface area contributed by atoms with Gasteiger partial charge in [0.05, 0.1) is 11.3 Å². The Balaban J connectivity index is 1.88. The van der Waals surface area contributed by atoms with Gasteiger partial charge in [0.15, 0.2) is 0 Å². The minimum Gasteiger partial charge on any atom is -0.339 e. The van der Waals surface area contributed by atoms with Crippen LogP contribution in [0.1, 0.15) is 23.7 Å². The first-order valence-electron chi connectivity index (χ1n) is 8.60. The summed E-state index contributed by atoms with van der Waals surface area (Å²) in [5, 5.41) is 12.5. The minimum absolute atomic E-state index is 0.585. The van der Waals surface area contributed by atoms with Crippen LogP contribution in [0.4, 0.5) is 17.5 Å². The van der Waals surface area contributed by atoms with Gasteiger partial charge in [-0.1, -0.05) is 42.5 Å². The van der Waals surface area contributed by atoms with Crippen molar-refractivity contribution in [3.63, 3.8) is 0 Å². The molecule has 1 aromatic heterocycles. The monoisotopic (exact) mass is 343 g/mol. The van der Waals surface area contributed by atoms with Gasteiger partial charge in [0.25, 0.3) is 0 Å². The number of aryl methyl sites for hydroxylation is 1. The number of benzene rings is 2. The summed E-state index contributed by atoms with van der Waals surface area (Å²) in [6, 6.07) is 21.7. The molecule has 2 aromatic carbocycles. The molecule has 3 rings (SSSR count). The van der Waals surface area contributed by atoms with E-state index < -0.39 is 0 Å². The van der Waals surface area contributed by atoms with E-state index in [0.717, 1.165) is 24.5 Å². The van der Waals surface area contributed by atoms with Gasteiger partial charge in [0.2, 0.25) is 5.95 Å². The average Bonchev–Trinajstić information content (AvgIpc) is 2.67. The zero-order valence-electron chi connectivity index (χ0n) is 15.0. The number of hydrogen-bond acceptors (Lipinski definition) is 5. The van der Waals surface area contributed by atoms with Crippen molar-refractivity contribution in [2.24, 2.45) is 0 Å². The van der Waals surface area contributed by atoms with Crippen LogP contribution in [0, 0.1) is 18.3 Å². The third-order valence-corrected chi connectivity index (χ3v) is 4.03. The van der Waals surface area contributed by atoms with Crippen molar-refractivity contribution in [2.45, 2.75) is 20.4 Å². The second kappa shape index (κ2) is 8.13. The Kier molecular flexibility index (Phi) is 5.45. The van der Waals surface area contributed by atoms with E-state index >= 15 is 0 Å². The summed E-state index contributed by atoms with van der Waals surface area (Å²) in [7, 11) is 0. The van der Waals surface area contributed by atoms with Crippen LogP contribution in [0.3, 0.4) is 0 Å². The van der Waals surface area contributed by atoms with Crippen LogP contribution in [0.5, 0.6) is 0 Å². The van der Waals surface area contributed by atoms with Crippen LogP contribution >= 0.6 is 0 Å². The molecule has 0 amide bonds. The zero-order valence-corrected chi connectivity index (χ0v) is 15.0.